The van der Waals surface area contributed by atoms with Gasteiger partial charge in [0.1, 0.15) is 17.0 Å². The predicted octanol–water partition coefficient (Wildman–Crippen LogP) is 4.27. The van der Waals surface area contributed by atoms with Gasteiger partial charge in [0.05, 0.1) is 18.0 Å². The number of nitrogens with one attached hydrogen (secondary N) is 1. The second kappa shape index (κ2) is 13.1. The molecule has 40 heavy (non-hydrogen) atoms. The molecule has 0 saturated carbocycles. The minimum atomic E-state index is -0.249. The maximum absolute atomic E-state index is 12.4. The van der Waals surface area contributed by atoms with Crippen molar-refractivity contribution in [2.45, 2.75) is 12.6 Å². The summed E-state index contributed by atoms with van der Waals surface area (Å²) in [6, 6.07) is 20.5. The smallest absolute Gasteiger partial charge is 0.246 e. The molecule has 9 heteroatoms. The highest BCUT2D eigenvalue weighted by Gasteiger charge is 2.20. The van der Waals surface area contributed by atoms with Crippen LogP contribution in [0.5, 0.6) is 0 Å². The van der Waals surface area contributed by atoms with Crippen LogP contribution in [0, 0.1) is 0 Å². The largest absolute Gasteiger partial charge is 0.394 e. The second-order valence-corrected chi connectivity index (χ2v) is 11.3. The van der Waals surface area contributed by atoms with E-state index in [-0.39, 0.29) is 18.6 Å². The molecule has 5 rings (SSSR count). The van der Waals surface area contributed by atoms with Crippen LogP contribution in [-0.2, 0) is 11.3 Å². The first kappa shape index (κ1) is 27.9. The van der Waals surface area contributed by atoms with Crippen molar-refractivity contribution in [3.8, 4) is 10.4 Å². The lowest BCUT2D eigenvalue weighted by atomic mass is 10.1. The highest BCUT2D eigenvalue weighted by atomic mass is 32.1. The molecule has 208 valence electrons. The van der Waals surface area contributed by atoms with Crippen LogP contribution >= 0.6 is 11.3 Å². The Hall–Kier alpha value is -3.63. The zero-order chi connectivity index (χ0) is 27.9. The fourth-order valence-corrected chi connectivity index (χ4v) is 5.83. The van der Waals surface area contributed by atoms with E-state index in [2.05, 4.69) is 50.5 Å². The summed E-state index contributed by atoms with van der Waals surface area (Å²) in [6.45, 7) is 4.86. The summed E-state index contributed by atoms with van der Waals surface area (Å²) in [4.78, 5) is 29.8. The van der Waals surface area contributed by atoms with E-state index in [1.54, 1.807) is 23.7 Å². The number of hydrogen-bond donors (Lipinski definition) is 2. The maximum atomic E-state index is 12.4. The molecule has 8 nitrogen and oxygen atoms in total. The minimum absolute atomic E-state index is 0.0346. The van der Waals surface area contributed by atoms with Crippen LogP contribution in [0.1, 0.15) is 17.2 Å². The average Bonchev–Trinajstić information content (AvgIpc) is 3.42. The van der Waals surface area contributed by atoms with Gasteiger partial charge in [-0.3, -0.25) is 9.69 Å². The summed E-state index contributed by atoms with van der Waals surface area (Å²) < 4.78 is 0. The fraction of sp³-hybridized carbons (Fsp3) is 0.323. The van der Waals surface area contributed by atoms with E-state index in [1.807, 2.05) is 60.3 Å². The molecule has 3 heterocycles. The van der Waals surface area contributed by atoms with Gasteiger partial charge in [-0.1, -0.05) is 60.7 Å². The fourth-order valence-electron chi connectivity index (χ4n) is 4.83. The Morgan fingerprint density at radius 1 is 1.07 bits per heavy atom. The van der Waals surface area contributed by atoms with Crippen molar-refractivity contribution in [3.63, 3.8) is 0 Å². The molecule has 1 atom stereocenters. The number of rotatable bonds is 10. The van der Waals surface area contributed by atoms with Gasteiger partial charge in [-0.15, -0.1) is 11.3 Å². The van der Waals surface area contributed by atoms with Gasteiger partial charge in [0.2, 0.25) is 5.91 Å². The number of carbonyl (C=O) groups excluding carboxylic acids is 1. The summed E-state index contributed by atoms with van der Waals surface area (Å²) >= 11 is 1.64. The second-order valence-electron chi connectivity index (χ2n) is 10.3. The molecule has 1 aliphatic heterocycles. The van der Waals surface area contributed by atoms with E-state index in [0.29, 0.717) is 0 Å². The first-order valence-electron chi connectivity index (χ1n) is 13.6. The van der Waals surface area contributed by atoms with Gasteiger partial charge in [0, 0.05) is 50.2 Å². The number of aliphatic hydroxyl groups is 1. The van der Waals surface area contributed by atoms with E-state index < -0.39 is 0 Å². The third-order valence-electron chi connectivity index (χ3n) is 7.08. The lowest BCUT2D eigenvalue weighted by molar-refractivity contribution is -0.127. The Morgan fingerprint density at radius 3 is 2.52 bits per heavy atom. The number of nitrogens with zero attached hydrogens (tertiary/aromatic N) is 5. The third-order valence-corrected chi connectivity index (χ3v) is 8.18. The number of likely N-dealkylation sites (N-methyl/N-ethyl adjacent to an activating group) is 1. The molecule has 0 aliphatic carbocycles. The van der Waals surface area contributed by atoms with Crippen molar-refractivity contribution in [2.75, 3.05) is 58.7 Å². The third kappa shape index (κ3) is 6.92. The van der Waals surface area contributed by atoms with Gasteiger partial charge in [0.25, 0.3) is 0 Å². The van der Waals surface area contributed by atoms with E-state index in [1.165, 1.54) is 5.56 Å². The summed E-state index contributed by atoms with van der Waals surface area (Å²) in [5.41, 5.74) is 3.40. The lowest BCUT2D eigenvalue weighted by Crippen LogP contribution is -2.47. The van der Waals surface area contributed by atoms with Crippen LogP contribution in [0.4, 0.5) is 5.82 Å². The van der Waals surface area contributed by atoms with Gasteiger partial charge >= 0.3 is 0 Å². The summed E-state index contributed by atoms with van der Waals surface area (Å²) in [5, 5.41) is 14.3. The number of aliphatic hydroxyl groups excluding tert-OH is 1. The van der Waals surface area contributed by atoms with Crippen LogP contribution in [-0.4, -0.2) is 89.1 Å². The number of aromatic nitrogens is 2. The van der Waals surface area contributed by atoms with Crippen molar-refractivity contribution in [1.82, 2.24) is 24.7 Å². The van der Waals surface area contributed by atoms with E-state index in [9.17, 15) is 9.90 Å². The highest BCUT2D eigenvalue weighted by Crippen LogP contribution is 2.36. The molecular weight excluding hydrogens is 520 g/mol. The Morgan fingerprint density at radius 2 is 1.82 bits per heavy atom. The zero-order valence-corrected chi connectivity index (χ0v) is 23.8. The molecule has 1 fully saturated rings. The Kier molecular flexibility index (Phi) is 9.18. The minimum Gasteiger partial charge on any atom is -0.394 e. The van der Waals surface area contributed by atoms with Crippen molar-refractivity contribution < 1.29 is 9.90 Å². The molecule has 0 bridgehead atoms. The number of hydrogen-bond acceptors (Lipinski definition) is 8. The molecule has 1 amide bonds. The Labute approximate surface area is 239 Å². The van der Waals surface area contributed by atoms with Crippen LogP contribution in [0.15, 0.2) is 79.1 Å². The van der Waals surface area contributed by atoms with Crippen LogP contribution < -0.4 is 5.32 Å². The molecule has 0 unspecified atom stereocenters. The van der Waals surface area contributed by atoms with Crippen LogP contribution in [0.2, 0.25) is 0 Å². The lowest BCUT2D eigenvalue weighted by Gasteiger charge is -2.34. The molecule has 1 aliphatic rings. The number of amides is 1. The topological polar surface area (TPSA) is 84.8 Å². The molecule has 2 N–H and O–H groups in total. The summed E-state index contributed by atoms with van der Waals surface area (Å²) in [5.74, 6) is 0.821. The SMILES string of the molecule is CN(C)C/C=C/C(=O)N1CCN(Cc2ccc(-c3cc4c(N[C@H](CO)c5ccccc5)ncnc4s3)cc2)CC1. The first-order valence-corrected chi connectivity index (χ1v) is 14.4. The maximum Gasteiger partial charge on any atom is 0.246 e. The van der Waals surface area contributed by atoms with E-state index >= 15 is 0 Å². The predicted molar refractivity (Wildman–Crippen MR) is 162 cm³/mol. The van der Waals surface area contributed by atoms with Crippen molar-refractivity contribution in [2.24, 2.45) is 0 Å². The first-order chi connectivity index (χ1) is 19.5. The molecule has 1 saturated heterocycles. The summed E-state index contributed by atoms with van der Waals surface area (Å²) in [7, 11) is 3.99. The highest BCUT2D eigenvalue weighted by molar-refractivity contribution is 7.21. The van der Waals surface area contributed by atoms with E-state index in [0.717, 1.165) is 71.3 Å². The van der Waals surface area contributed by atoms with Crippen molar-refractivity contribution in [3.05, 3.63) is 90.3 Å². The van der Waals surface area contributed by atoms with Crippen molar-refractivity contribution >= 4 is 33.3 Å². The van der Waals surface area contributed by atoms with Crippen LogP contribution in [0.25, 0.3) is 20.7 Å². The normalized spacial score (nSPS) is 15.2. The van der Waals surface area contributed by atoms with Crippen LogP contribution in [0.3, 0.4) is 0 Å². The summed E-state index contributed by atoms with van der Waals surface area (Å²) in [6.07, 6.45) is 5.19. The van der Waals surface area contributed by atoms with Gasteiger partial charge in [0.15, 0.2) is 0 Å². The average molecular weight is 557 g/mol. The van der Waals surface area contributed by atoms with Gasteiger partial charge in [-0.25, -0.2) is 9.97 Å². The van der Waals surface area contributed by atoms with Gasteiger partial charge in [-0.05, 0) is 36.9 Å². The van der Waals surface area contributed by atoms with Crippen molar-refractivity contribution in [1.29, 1.82) is 0 Å². The number of anilines is 1. The van der Waals surface area contributed by atoms with Gasteiger partial charge < -0.3 is 20.2 Å². The Bertz CT molecular complexity index is 1430. The quantitative estimate of drug-likeness (QED) is 0.282. The van der Waals surface area contributed by atoms with Gasteiger partial charge in [-0.2, -0.15) is 0 Å². The molecule has 2 aromatic heterocycles. The Balaban J connectivity index is 1.21. The number of piperazine rings is 1. The van der Waals surface area contributed by atoms with E-state index in [4.69, 9.17) is 0 Å². The number of benzene rings is 2. The number of fused-ring (bicyclic) bond motifs is 1. The molecular formula is C31H36N6O2S. The molecule has 0 radical (unpaired) electrons. The number of carbonyl (C=O) groups is 1. The molecule has 4 aromatic rings. The molecule has 2 aromatic carbocycles. The number of thiophene rings is 1. The monoisotopic (exact) mass is 556 g/mol. The standard InChI is InChI=1S/C31H36N6O2S/c1-35(2)14-6-9-29(39)37-17-15-36(16-18-37)20-23-10-12-25(13-11-23)28-19-26-30(32-22-33-31(26)40-28)34-27(21-38)24-7-4-3-5-8-24/h3-13,19,22,27,38H,14-18,20-21H2,1-2H3,(H,32,33,34)/b9-6+/t27-/m1/s1. The molecule has 0 spiro atoms. The zero-order valence-electron chi connectivity index (χ0n) is 23.0.